The number of nitrogens with one attached hydrogen (secondary N) is 1. The summed E-state index contributed by atoms with van der Waals surface area (Å²) in [6, 6.07) is 28.8. The van der Waals surface area contributed by atoms with E-state index in [4.69, 9.17) is 4.74 Å². The average Bonchev–Trinajstić information content (AvgIpc) is 3.13. The van der Waals surface area contributed by atoms with E-state index in [1.54, 1.807) is 61.6 Å². The van der Waals surface area contributed by atoms with Gasteiger partial charge in [-0.3, -0.25) is 19.3 Å². The van der Waals surface area contributed by atoms with Crippen molar-refractivity contribution in [2.45, 2.75) is 19.6 Å². The smallest absolute Gasteiger partial charge is 0.285 e. The molecule has 0 saturated carbocycles. The summed E-state index contributed by atoms with van der Waals surface area (Å²) in [7, 11) is 0. The lowest BCUT2D eigenvalue weighted by Gasteiger charge is -2.28. The summed E-state index contributed by atoms with van der Waals surface area (Å²) in [5.41, 5.74) is 3.15. The Bertz CT molecular complexity index is 2000. The molecule has 0 aromatic heterocycles. The Morgan fingerprint density at radius 3 is 2.18 bits per heavy atom. The van der Waals surface area contributed by atoms with Gasteiger partial charge >= 0.3 is 0 Å². The van der Waals surface area contributed by atoms with Crippen LogP contribution in [0.25, 0.3) is 6.08 Å². The quantitative estimate of drug-likeness (QED) is 0.0664. The summed E-state index contributed by atoms with van der Waals surface area (Å²) in [6.45, 7) is 5.53. The number of carbonyl (C=O) groups excluding carboxylic acids is 3. The number of allylic oxidation sites excluding steroid dienone is 4. The van der Waals surface area contributed by atoms with Crippen molar-refractivity contribution in [3.8, 4) is 5.75 Å². The molecule has 4 aromatic carbocycles. The van der Waals surface area contributed by atoms with Crippen LogP contribution in [0.1, 0.15) is 35.2 Å². The lowest BCUT2D eigenvalue weighted by atomic mass is 9.99. The van der Waals surface area contributed by atoms with Crippen molar-refractivity contribution in [3.63, 3.8) is 0 Å². The summed E-state index contributed by atoms with van der Waals surface area (Å²) in [4.78, 5) is 46.6. The van der Waals surface area contributed by atoms with E-state index in [1.165, 1.54) is 17.0 Å². The summed E-state index contributed by atoms with van der Waals surface area (Å²) in [5.74, 6) is -1.50. The van der Waals surface area contributed by atoms with Gasteiger partial charge in [0.2, 0.25) is 5.91 Å². The third-order valence-electron chi connectivity index (χ3n) is 7.57. The first kappa shape index (κ1) is 37.9. The highest BCUT2D eigenvalue weighted by Crippen LogP contribution is 2.32. The van der Waals surface area contributed by atoms with Crippen LogP contribution in [0.15, 0.2) is 144 Å². The summed E-state index contributed by atoms with van der Waals surface area (Å²) in [5, 5.41) is 3.17. The molecule has 1 aliphatic rings. The van der Waals surface area contributed by atoms with Crippen LogP contribution < -0.4 is 10.1 Å². The lowest BCUT2D eigenvalue weighted by molar-refractivity contribution is -0.126. The Kier molecular flexibility index (Phi) is 13.6. The van der Waals surface area contributed by atoms with Gasteiger partial charge in [-0.2, -0.15) is 4.99 Å². The second kappa shape index (κ2) is 18.2. The molecule has 0 unspecified atom stereocenters. The maximum Gasteiger partial charge on any atom is 0.285 e. The molecule has 0 atom stereocenters. The monoisotopic (exact) mass is 923 g/mol. The number of amidine groups is 1. The zero-order valence-corrected chi connectivity index (χ0v) is 32.5. The van der Waals surface area contributed by atoms with Gasteiger partial charge in [0.15, 0.2) is 5.17 Å². The second-order valence-corrected chi connectivity index (χ2v) is 14.3. The van der Waals surface area contributed by atoms with Crippen LogP contribution in [0, 0.1) is 13.0 Å². The summed E-state index contributed by atoms with van der Waals surface area (Å²) in [6.07, 6.45) is 8.14. The van der Waals surface area contributed by atoms with E-state index in [9.17, 15) is 18.8 Å². The van der Waals surface area contributed by atoms with Gasteiger partial charge in [0.05, 0.1) is 18.9 Å². The maximum atomic E-state index is 14.2. The van der Waals surface area contributed by atoms with E-state index in [0.717, 1.165) is 22.9 Å². The largest absolute Gasteiger partial charge is 0.487 e. The minimum atomic E-state index is -0.723. The molecule has 0 spiro atoms. The fraction of sp³-hybridized carbons (Fsp3) is 0.100. The molecule has 0 bridgehead atoms. The van der Waals surface area contributed by atoms with Crippen LogP contribution in [0.2, 0.25) is 0 Å². The molecule has 7 nitrogen and oxygen atoms in total. The first-order valence-corrected chi connectivity index (χ1v) is 18.9. The van der Waals surface area contributed by atoms with Gasteiger partial charge in [0.25, 0.3) is 11.8 Å². The van der Waals surface area contributed by atoms with E-state index < -0.39 is 17.9 Å². The molecule has 51 heavy (non-hydrogen) atoms. The second-order valence-electron chi connectivity index (χ2n) is 11.0. The Labute approximate surface area is 327 Å². The third kappa shape index (κ3) is 9.71. The molecule has 0 radical (unpaired) electrons. The predicted molar refractivity (Wildman–Crippen MR) is 218 cm³/mol. The maximum absolute atomic E-state index is 14.2. The van der Waals surface area contributed by atoms with Crippen LogP contribution in [0.3, 0.4) is 0 Å². The number of amides is 3. The molecule has 0 saturated heterocycles. The van der Waals surface area contributed by atoms with E-state index in [-0.39, 0.29) is 34.8 Å². The van der Waals surface area contributed by atoms with Crippen LogP contribution in [-0.2, 0) is 21.0 Å². The van der Waals surface area contributed by atoms with Gasteiger partial charge in [-0.25, -0.2) is 4.39 Å². The van der Waals surface area contributed by atoms with Crippen molar-refractivity contribution in [1.82, 2.24) is 10.2 Å². The third-order valence-corrected chi connectivity index (χ3v) is 10.1. The van der Waals surface area contributed by atoms with Crippen LogP contribution in [0.5, 0.6) is 5.75 Å². The molecule has 4 aromatic rings. The molecule has 258 valence electrons. The van der Waals surface area contributed by atoms with Crippen molar-refractivity contribution in [1.29, 1.82) is 0 Å². The highest BCUT2D eigenvalue weighted by Gasteiger charge is 2.35. The molecule has 11 heteroatoms. The first-order chi connectivity index (χ1) is 24.7. The number of hydrogen-bond acceptors (Lipinski definition) is 5. The number of aliphatic imine (C=N–C) groups is 1. The van der Waals surface area contributed by atoms with Crippen molar-refractivity contribution >= 4 is 85.9 Å². The van der Waals surface area contributed by atoms with E-state index in [1.807, 2.05) is 60.7 Å². The lowest BCUT2D eigenvalue weighted by Crippen LogP contribution is -2.42. The Hall–Kier alpha value is -4.34. The zero-order chi connectivity index (χ0) is 36.3. The Balaban J connectivity index is 1.39. The van der Waals surface area contributed by atoms with E-state index in [0.29, 0.717) is 29.7 Å². The Morgan fingerprint density at radius 2 is 1.59 bits per heavy atom. The molecule has 1 N–H and O–H groups in total. The molecular weight excluding hydrogens is 891 g/mol. The standard InChI is InChI=1S/C40H32FI2N3O4S/c1-3-5-19-30(4-2)46-39(49)31(21-26-22-33(42)37(34(43)23-26)50-24-29-18-12-13-20-32(29)41)38(48)45-40(46)51-25-35(47)44-36(27-14-8-6-9-15-27)28-16-10-7-11-17-28/h3-23,36H,1,24-25H2,2H3,(H,44,47)/b19-5-,30-4+,31-21+. The van der Waals surface area contributed by atoms with Crippen LogP contribution in [-0.4, -0.2) is 33.5 Å². The molecular formula is C40H32FI2N3O4S. The molecule has 0 aliphatic carbocycles. The number of benzene rings is 4. The van der Waals surface area contributed by atoms with E-state index >= 15 is 0 Å². The van der Waals surface area contributed by atoms with Crippen LogP contribution in [0.4, 0.5) is 4.39 Å². The van der Waals surface area contributed by atoms with Crippen molar-refractivity contribution in [2.24, 2.45) is 4.99 Å². The van der Waals surface area contributed by atoms with Gasteiger partial charge in [-0.15, -0.1) is 0 Å². The fourth-order valence-electron chi connectivity index (χ4n) is 5.13. The topological polar surface area (TPSA) is 88.1 Å². The fourth-order valence-corrected chi connectivity index (χ4v) is 8.06. The number of thioether (sulfide) groups is 1. The number of ether oxygens (including phenoxy) is 1. The number of nitrogens with zero attached hydrogens (tertiary/aromatic N) is 2. The molecule has 3 amide bonds. The van der Waals surface area contributed by atoms with Gasteiger partial charge in [0, 0.05) is 11.3 Å². The van der Waals surface area contributed by atoms with Crippen molar-refractivity contribution < 1.29 is 23.5 Å². The summed E-state index contributed by atoms with van der Waals surface area (Å²) < 4.78 is 21.6. The molecule has 1 heterocycles. The minimum Gasteiger partial charge on any atom is -0.487 e. The van der Waals surface area contributed by atoms with Gasteiger partial charge in [0.1, 0.15) is 23.7 Å². The molecule has 5 rings (SSSR count). The van der Waals surface area contributed by atoms with E-state index in [2.05, 4.69) is 62.1 Å². The molecule has 1 aliphatic heterocycles. The SMILES string of the molecule is C=C/C=C\C(=C/C)N1C(=O)/C(=C/c2cc(I)c(OCc3ccccc3F)c(I)c2)C(=O)N=C1SCC(=O)NC(c1ccccc1)c1ccccc1. The van der Waals surface area contributed by atoms with Crippen molar-refractivity contribution in [2.75, 3.05) is 5.75 Å². The van der Waals surface area contributed by atoms with Gasteiger partial charge in [-0.05, 0) is 99.1 Å². The minimum absolute atomic E-state index is 0.0434. The summed E-state index contributed by atoms with van der Waals surface area (Å²) >= 11 is 5.22. The highest BCUT2D eigenvalue weighted by molar-refractivity contribution is 14.1. The van der Waals surface area contributed by atoms with Gasteiger partial charge < -0.3 is 10.1 Å². The van der Waals surface area contributed by atoms with Crippen LogP contribution >= 0.6 is 56.9 Å². The Morgan fingerprint density at radius 1 is 0.980 bits per heavy atom. The zero-order valence-electron chi connectivity index (χ0n) is 27.4. The van der Waals surface area contributed by atoms with Crippen molar-refractivity contribution in [3.05, 3.63) is 174 Å². The number of carbonyl (C=O) groups is 3. The number of rotatable bonds is 12. The predicted octanol–water partition coefficient (Wildman–Crippen LogP) is 9.01. The normalized spacial score (nSPS) is 14.3. The first-order valence-electron chi connectivity index (χ1n) is 15.7. The number of halogens is 3. The number of hydrogen-bond donors (Lipinski definition) is 1. The van der Waals surface area contributed by atoms with Gasteiger partial charge in [-0.1, -0.05) is 115 Å². The average molecular weight is 924 g/mol. The molecule has 0 fully saturated rings. The highest BCUT2D eigenvalue weighted by atomic mass is 127.